The van der Waals surface area contributed by atoms with Gasteiger partial charge < -0.3 is 11.1 Å². The Balaban J connectivity index is 2.25. The molecule has 0 aliphatic rings. The van der Waals surface area contributed by atoms with E-state index in [1.807, 2.05) is 19.1 Å². The normalized spacial score (nSPS) is 10.5. The second-order valence-corrected chi connectivity index (χ2v) is 5.67. The smallest absolute Gasteiger partial charge is 0.278 e. The van der Waals surface area contributed by atoms with Crippen molar-refractivity contribution in [2.24, 2.45) is 0 Å². The number of nitrogens with zero attached hydrogens (tertiary/aromatic N) is 1. The van der Waals surface area contributed by atoms with E-state index in [0.29, 0.717) is 17.8 Å². The van der Waals surface area contributed by atoms with Gasteiger partial charge in [-0.15, -0.1) is 0 Å². The van der Waals surface area contributed by atoms with Crippen molar-refractivity contribution in [2.45, 2.75) is 13.3 Å². The molecule has 0 unspecified atom stereocenters. The summed E-state index contributed by atoms with van der Waals surface area (Å²) < 4.78 is 1.66. The average Bonchev–Trinajstić information content (AvgIpc) is 2.75. The van der Waals surface area contributed by atoms with Crippen molar-refractivity contribution in [3.8, 4) is 0 Å². The van der Waals surface area contributed by atoms with E-state index in [0.717, 1.165) is 14.6 Å². The van der Waals surface area contributed by atoms with Crippen LogP contribution in [0.25, 0.3) is 0 Å². The van der Waals surface area contributed by atoms with E-state index in [4.69, 9.17) is 5.73 Å². The van der Waals surface area contributed by atoms with Crippen LogP contribution in [0, 0.1) is 0 Å². The topological polar surface area (TPSA) is 83.8 Å². The van der Waals surface area contributed by atoms with E-state index >= 15 is 0 Å². The van der Waals surface area contributed by atoms with E-state index in [-0.39, 0.29) is 11.6 Å². The number of hydrogen-bond acceptors (Lipinski definition) is 3. The molecule has 5 nitrogen and oxygen atoms in total. The molecule has 0 aliphatic heterocycles. The third-order valence-electron chi connectivity index (χ3n) is 2.63. The Kier molecular flexibility index (Phi) is 4.26. The number of H-pyrrole nitrogens is 1. The van der Waals surface area contributed by atoms with Gasteiger partial charge >= 0.3 is 0 Å². The molecule has 0 atom stereocenters. The van der Waals surface area contributed by atoms with Crippen LogP contribution in [0.2, 0.25) is 0 Å². The fourth-order valence-corrected chi connectivity index (χ4v) is 2.31. The number of nitrogen functional groups attached to an aromatic ring is 1. The molecule has 1 aromatic carbocycles. The summed E-state index contributed by atoms with van der Waals surface area (Å²) in [5.74, 6) is -0.341. The van der Waals surface area contributed by atoms with Gasteiger partial charge in [0, 0.05) is 8.95 Å². The van der Waals surface area contributed by atoms with Gasteiger partial charge in [-0.1, -0.05) is 22.9 Å². The zero-order chi connectivity index (χ0) is 14.0. The minimum absolute atomic E-state index is 0.212. The first-order valence-electron chi connectivity index (χ1n) is 5.62. The largest absolute Gasteiger partial charge is 0.395 e. The fourth-order valence-electron chi connectivity index (χ4n) is 1.60. The van der Waals surface area contributed by atoms with E-state index in [9.17, 15) is 4.79 Å². The van der Waals surface area contributed by atoms with Gasteiger partial charge in [-0.3, -0.25) is 9.89 Å². The number of carbonyl (C=O) groups is 1. The number of amides is 1. The molecular formula is C12H12Br2N4O. The number of aromatic nitrogens is 2. The third kappa shape index (κ3) is 2.98. The van der Waals surface area contributed by atoms with Gasteiger partial charge in [0.05, 0.1) is 17.1 Å². The highest BCUT2D eigenvalue weighted by Gasteiger charge is 2.17. The van der Waals surface area contributed by atoms with Crippen molar-refractivity contribution >= 4 is 49.1 Å². The average molecular weight is 388 g/mol. The number of nitrogens with one attached hydrogen (secondary N) is 2. The van der Waals surface area contributed by atoms with Gasteiger partial charge in [0.25, 0.3) is 5.91 Å². The number of rotatable bonds is 3. The van der Waals surface area contributed by atoms with Gasteiger partial charge in [-0.25, -0.2) is 0 Å². The Morgan fingerprint density at radius 1 is 1.47 bits per heavy atom. The highest BCUT2D eigenvalue weighted by molar-refractivity contribution is 9.11. The monoisotopic (exact) mass is 386 g/mol. The summed E-state index contributed by atoms with van der Waals surface area (Å²) in [7, 11) is 0. The number of benzene rings is 1. The highest BCUT2D eigenvalue weighted by atomic mass is 79.9. The molecule has 4 N–H and O–H groups in total. The Morgan fingerprint density at radius 3 is 2.84 bits per heavy atom. The molecule has 0 aliphatic carbocycles. The van der Waals surface area contributed by atoms with Crippen molar-refractivity contribution in [1.82, 2.24) is 10.2 Å². The second-order valence-electron chi connectivity index (χ2n) is 3.90. The summed E-state index contributed by atoms with van der Waals surface area (Å²) in [6, 6.07) is 5.51. The number of aryl methyl sites for hydroxylation is 1. The maximum Gasteiger partial charge on any atom is 0.278 e. The predicted molar refractivity (Wildman–Crippen MR) is 82.2 cm³/mol. The minimum Gasteiger partial charge on any atom is -0.395 e. The maximum atomic E-state index is 12.1. The lowest BCUT2D eigenvalue weighted by atomic mass is 10.2. The van der Waals surface area contributed by atoms with Crippen molar-refractivity contribution in [2.75, 3.05) is 11.1 Å². The first-order chi connectivity index (χ1) is 9.02. The van der Waals surface area contributed by atoms with Crippen molar-refractivity contribution in [3.63, 3.8) is 0 Å². The summed E-state index contributed by atoms with van der Waals surface area (Å²) in [6.07, 6.45) is 0.701. The summed E-state index contributed by atoms with van der Waals surface area (Å²) in [5.41, 5.74) is 7.88. The number of carbonyl (C=O) groups excluding carboxylic acids is 1. The van der Waals surface area contributed by atoms with Gasteiger partial charge in [0.1, 0.15) is 0 Å². The molecule has 1 amide bonds. The van der Waals surface area contributed by atoms with Crippen molar-refractivity contribution in [1.29, 1.82) is 0 Å². The third-order valence-corrected chi connectivity index (χ3v) is 3.81. The van der Waals surface area contributed by atoms with Crippen LogP contribution in [0.1, 0.15) is 23.1 Å². The highest BCUT2D eigenvalue weighted by Crippen LogP contribution is 2.27. The molecular weight excluding hydrogens is 376 g/mol. The summed E-state index contributed by atoms with van der Waals surface area (Å²) >= 11 is 6.73. The summed E-state index contributed by atoms with van der Waals surface area (Å²) in [5, 5.41) is 9.47. The number of aromatic amines is 1. The molecule has 100 valence electrons. The molecule has 19 heavy (non-hydrogen) atoms. The van der Waals surface area contributed by atoms with E-state index < -0.39 is 0 Å². The molecule has 0 fully saturated rings. The van der Waals surface area contributed by atoms with E-state index in [1.54, 1.807) is 6.07 Å². The number of nitrogens with two attached hydrogens (primary N) is 1. The predicted octanol–water partition coefficient (Wildman–Crippen LogP) is 3.33. The molecule has 0 bridgehead atoms. The van der Waals surface area contributed by atoms with Gasteiger partial charge in [0.2, 0.25) is 0 Å². The summed E-state index contributed by atoms with van der Waals surface area (Å²) in [4.78, 5) is 12.1. The van der Waals surface area contributed by atoms with Crippen LogP contribution in [-0.4, -0.2) is 16.1 Å². The van der Waals surface area contributed by atoms with Crippen LogP contribution in [0.4, 0.5) is 11.4 Å². The molecule has 0 spiro atoms. The Hall–Kier alpha value is -1.34. The van der Waals surface area contributed by atoms with E-state index in [1.165, 1.54) is 0 Å². The Morgan fingerprint density at radius 2 is 2.21 bits per heavy atom. The SMILES string of the molecule is CCc1[nH]nc(C(=O)Nc2cc(Br)ccc2Br)c1N. The van der Waals surface area contributed by atoms with Gasteiger partial charge in [0.15, 0.2) is 5.69 Å². The number of halogens is 2. The molecule has 1 heterocycles. The molecule has 0 saturated heterocycles. The van der Waals surface area contributed by atoms with Crippen LogP contribution in [0.3, 0.4) is 0 Å². The first kappa shape index (κ1) is 14.1. The minimum atomic E-state index is -0.341. The van der Waals surface area contributed by atoms with Crippen LogP contribution in [-0.2, 0) is 6.42 Å². The van der Waals surface area contributed by atoms with Gasteiger partial charge in [-0.05, 0) is 40.5 Å². The first-order valence-corrected chi connectivity index (χ1v) is 7.20. The fraction of sp³-hybridized carbons (Fsp3) is 0.167. The standard InChI is InChI=1S/C12H12Br2N4O/c1-2-8-10(15)11(18-17-8)12(19)16-9-5-6(13)3-4-7(9)14/h3-5H,2,15H2,1H3,(H,16,19)(H,17,18). The van der Waals surface area contributed by atoms with Crippen molar-refractivity contribution < 1.29 is 4.79 Å². The zero-order valence-corrected chi connectivity index (χ0v) is 13.3. The maximum absolute atomic E-state index is 12.1. The van der Waals surface area contributed by atoms with Crippen LogP contribution in [0.15, 0.2) is 27.1 Å². The van der Waals surface area contributed by atoms with Crippen LogP contribution >= 0.6 is 31.9 Å². The van der Waals surface area contributed by atoms with E-state index in [2.05, 4.69) is 47.4 Å². The van der Waals surface area contributed by atoms with Crippen LogP contribution < -0.4 is 11.1 Å². The van der Waals surface area contributed by atoms with Gasteiger partial charge in [-0.2, -0.15) is 5.10 Å². The Bertz CT molecular complexity index is 624. The Labute approximate surface area is 127 Å². The van der Waals surface area contributed by atoms with Crippen molar-refractivity contribution in [3.05, 3.63) is 38.5 Å². The molecule has 0 saturated carbocycles. The lowest BCUT2D eigenvalue weighted by molar-refractivity contribution is 0.102. The number of anilines is 2. The molecule has 2 rings (SSSR count). The lowest BCUT2D eigenvalue weighted by Gasteiger charge is -2.07. The summed E-state index contributed by atoms with van der Waals surface area (Å²) in [6.45, 7) is 1.94. The second kappa shape index (κ2) is 5.75. The van der Waals surface area contributed by atoms with Crippen LogP contribution in [0.5, 0.6) is 0 Å². The number of hydrogen-bond donors (Lipinski definition) is 3. The molecule has 7 heteroatoms. The quantitative estimate of drug-likeness (QED) is 0.755. The molecule has 1 aromatic heterocycles. The zero-order valence-electron chi connectivity index (χ0n) is 10.1. The molecule has 2 aromatic rings. The lowest BCUT2D eigenvalue weighted by Crippen LogP contribution is -2.14. The molecule has 0 radical (unpaired) electrons.